The molecule has 0 spiro atoms. The Morgan fingerprint density at radius 1 is 1.21 bits per heavy atom. The molecule has 8 heteroatoms. The molecule has 0 unspecified atom stereocenters. The molecule has 29 heavy (non-hydrogen) atoms. The van der Waals surface area contributed by atoms with Gasteiger partial charge in [-0.15, -0.1) is 11.3 Å². The molecular formula is C21H21N3O4S. The van der Waals surface area contributed by atoms with Crippen LogP contribution in [0.3, 0.4) is 0 Å². The van der Waals surface area contributed by atoms with E-state index in [1.54, 1.807) is 17.4 Å². The molecule has 1 aliphatic heterocycles. The van der Waals surface area contributed by atoms with Crippen molar-refractivity contribution >= 4 is 28.1 Å². The number of thiazole rings is 1. The number of benzene rings is 2. The van der Waals surface area contributed by atoms with Gasteiger partial charge in [0.15, 0.2) is 16.6 Å². The molecule has 3 aromatic rings. The molecule has 1 amide bonds. The summed E-state index contributed by atoms with van der Waals surface area (Å²) in [6, 6.07) is 13.3. The Morgan fingerprint density at radius 2 is 2.00 bits per heavy atom. The van der Waals surface area contributed by atoms with Crippen LogP contribution in [0.1, 0.15) is 23.0 Å². The minimum absolute atomic E-state index is 0.107. The summed E-state index contributed by atoms with van der Waals surface area (Å²) in [6.07, 6.45) is 0. The topological polar surface area (TPSA) is 72.9 Å². The van der Waals surface area contributed by atoms with Gasteiger partial charge in [0.25, 0.3) is 5.91 Å². The maximum atomic E-state index is 12.9. The monoisotopic (exact) mass is 411 g/mol. The second-order valence-corrected chi connectivity index (χ2v) is 7.26. The first-order valence-electron chi connectivity index (χ1n) is 9.20. The molecule has 150 valence electrons. The largest absolute Gasteiger partial charge is 0.497 e. The highest BCUT2D eigenvalue weighted by atomic mass is 32.1. The summed E-state index contributed by atoms with van der Waals surface area (Å²) in [6.45, 7) is 3.24. The number of hydrogen-bond donors (Lipinski definition) is 1. The second kappa shape index (κ2) is 8.40. The Kier molecular flexibility index (Phi) is 5.53. The lowest BCUT2D eigenvalue weighted by Gasteiger charge is -2.20. The zero-order valence-electron chi connectivity index (χ0n) is 16.2. The number of nitrogens with one attached hydrogen (secondary N) is 1. The van der Waals surface area contributed by atoms with Crippen LogP contribution >= 0.6 is 11.3 Å². The van der Waals surface area contributed by atoms with Gasteiger partial charge in [-0.05, 0) is 48.9 Å². The molecule has 1 N–H and O–H groups in total. The van der Waals surface area contributed by atoms with Crippen molar-refractivity contribution in [2.75, 3.05) is 25.8 Å². The number of amides is 1. The van der Waals surface area contributed by atoms with Gasteiger partial charge in [-0.2, -0.15) is 0 Å². The number of aromatic nitrogens is 1. The summed E-state index contributed by atoms with van der Waals surface area (Å²) in [5.74, 6) is 2.12. The Hall–Kier alpha value is -3.26. The van der Waals surface area contributed by atoms with Crippen LogP contribution < -0.4 is 19.5 Å². The molecule has 0 bridgehead atoms. The summed E-state index contributed by atoms with van der Waals surface area (Å²) in [5, 5.41) is 5.65. The quantitative estimate of drug-likeness (QED) is 0.625. The van der Waals surface area contributed by atoms with E-state index in [1.165, 1.54) is 11.3 Å². The zero-order valence-corrected chi connectivity index (χ0v) is 17.0. The average molecular weight is 411 g/mol. The molecular weight excluding hydrogens is 390 g/mol. The van der Waals surface area contributed by atoms with Crippen LogP contribution in [0.2, 0.25) is 0 Å². The number of nitrogens with zero attached hydrogens (tertiary/aromatic N) is 2. The van der Waals surface area contributed by atoms with Gasteiger partial charge < -0.3 is 24.4 Å². The predicted molar refractivity (Wildman–Crippen MR) is 111 cm³/mol. The van der Waals surface area contributed by atoms with Crippen LogP contribution in [0.5, 0.6) is 17.2 Å². The Bertz CT molecular complexity index is 1000. The van der Waals surface area contributed by atoms with Crippen LogP contribution in [0.25, 0.3) is 0 Å². The van der Waals surface area contributed by atoms with E-state index in [4.69, 9.17) is 14.2 Å². The summed E-state index contributed by atoms with van der Waals surface area (Å²) in [5.41, 5.74) is 2.29. The molecule has 2 heterocycles. The first kappa shape index (κ1) is 19.1. The third kappa shape index (κ3) is 4.27. The number of carbonyl (C=O) groups is 1. The van der Waals surface area contributed by atoms with Crippen LogP contribution in [0.4, 0.5) is 10.8 Å². The number of carbonyl (C=O) groups excluding carboxylic acids is 1. The summed E-state index contributed by atoms with van der Waals surface area (Å²) < 4.78 is 15.9. The van der Waals surface area contributed by atoms with Gasteiger partial charge >= 0.3 is 0 Å². The van der Waals surface area contributed by atoms with Gasteiger partial charge in [-0.25, -0.2) is 4.98 Å². The third-order valence-electron chi connectivity index (χ3n) is 4.54. The molecule has 1 aromatic heterocycles. The minimum atomic E-state index is -0.107. The van der Waals surface area contributed by atoms with Crippen LogP contribution in [-0.4, -0.2) is 36.2 Å². The van der Waals surface area contributed by atoms with Crippen molar-refractivity contribution < 1.29 is 19.0 Å². The first-order chi connectivity index (χ1) is 14.2. The fourth-order valence-electron chi connectivity index (χ4n) is 2.98. The SMILES string of the molecule is CCN(Cc1ccc2c(c1)OCO2)C(=O)c1csc(Nc2ccc(OC)cc2)n1. The predicted octanol–water partition coefficient (Wildman–Crippen LogP) is 4.29. The molecule has 2 aromatic carbocycles. The minimum Gasteiger partial charge on any atom is -0.497 e. The molecule has 0 saturated carbocycles. The standard InChI is InChI=1S/C21H21N3O4S/c1-3-24(11-14-4-9-18-19(10-14)28-13-27-18)20(25)17-12-29-21(23-17)22-15-5-7-16(26-2)8-6-15/h4-10,12H,3,11,13H2,1-2H3,(H,22,23). The Morgan fingerprint density at radius 3 is 2.76 bits per heavy atom. The van der Waals surface area contributed by atoms with E-state index in [0.717, 1.165) is 22.7 Å². The van der Waals surface area contributed by atoms with Crippen LogP contribution in [0, 0.1) is 0 Å². The number of fused-ring (bicyclic) bond motifs is 1. The van der Waals surface area contributed by atoms with E-state index in [-0.39, 0.29) is 12.7 Å². The summed E-state index contributed by atoms with van der Waals surface area (Å²) in [4.78, 5) is 19.1. The number of anilines is 2. The highest BCUT2D eigenvalue weighted by molar-refractivity contribution is 7.14. The van der Waals surface area contributed by atoms with Gasteiger partial charge in [-0.1, -0.05) is 6.07 Å². The normalized spacial score (nSPS) is 11.9. The first-order valence-corrected chi connectivity index (χ1v) is 10.1. The molecule has 0 aliphatic carbocycles. The van der Waals surface area contributed by atoms with Crippen molar-refractivity contribution in [1.29, 1.82) is 0 Å². The number of ether oxygens (including phenoxy) is 3. The van der Waals surface area contributed by atoms with E-state index >= 15 is 0 Å². The van der Waals surface area contributed by atoms with Gasteiger partial charge in [-0.3, -0.25) is 4.79 Å². The van der Waals surface area contributed by atoms with Crippen molar-refractivity contribution in [3.05, 3.63) is 59.1 Å². The maximum Gasteiger partial charge on any atom is 0.273 e. The van der Waals surface area contributed by atoms with Crippen molar-refractivity contribution in [2.24, 2.45) is 0 Å². The number of methoxy groups -OCH3 is 1. The molecule has 7 nitrogen and oxygen atoms in total. The molecule has 1 aliphatic rings. The van der Waals surface area contributed by atoms with E-state index in [9.17, 15) is 4.79 Å². The highest BCUT2D eigenvalue weighted by Crippen LogP contribution is 2.33. The lowest BCUT2D eigenvalue weighted by Crippen LogP contribution is -2.30. The lowest BCUT2D eigenvalue weighted by molar-refractivity contribution is 0.0747. The Labute approximate surface area is 172 Å². The lowest BCUT2D eigenvalue weighted by atomic mass is 10.2. The van der Waals surface area contributed by atoms with Gasteiger partial charge in [0, 0.05) is 24.2 Å². The van der Waals surface area contributed by atoms with Crippen LogP contribution in [0.15, 0.2) is 47.8 Å². The van der Waals surface area contributed by atoms with Crippen molar-refractivity contribution in [3.63, 3.8) is 0 Å². The second-order valence-electron chi connectivity index (χ2n) is 6.40. The molecule has 0 radical (unpaired) electrons. The smallest absolute Gasteiger partial charge is 0.273 e. The van der Waals surface area contributed by atoms with E-state index in [1.807, 2.05) is 49.4 Å². The molecule has 0 atom stereocenters. The third-order valence-corrected chi connectivity index (χ3v) is 5.30. The Balaban J connectivity index is 1.43. The average Bonchev–Trinajstić information content (AvgIpc) is 3.41. The van der Waals surface area contributed by atoms with Crippen molar-refractivity contribution in [2.45, 2.75) is 13.5 Å². The van der Waals surface area contributed by atoms with E-state index in [2.05, 4.69) is 10.3 Å². The molecule has 4 rings (SSSR count). The summed E-state index contributed by atoms with van der Waals surface area (Å²) >= 11 is 1.40. The van der Waals surface area contributed by atoms with Gasteiger partial charge in [0.05, 0.1) is 7.11 Å². The number of hydrogen-bond acceptors (Lipinski definition) is 7. The highest BCUT2D eigenvalue weighted by Gasteiger charge is 2.20. The van der Waals surface area contributed by atoms with E-state index < -0.39 is 0 Å². The van der Waals surface area contributed by atoms with Crippen LogP contribution in [-0.2, 0) is 6.54 Å². The maximum absolute atomic E-state index is 12.9. The van der Waals surface area contributed by atoms with E-state index in [0.29, 0.717) is 29.7 Å². The molecule has 0 fully saturated rings. The fourth-order valence-corrected chi connectivity index (χ4v) is 3.68. The summed E-state index contributed by atoms with van der Waals surface area (Å²) in [7, 11) is 1.63. The zero-order chi connectivity index (χ0) is 20.2. The van der Waals surface area contributed by atoms with Crippen molar-refractivity contribution in [3.8, 4) is 17.2 Å². The van der Waals surface area contributed by atoms with Gasteiger partial charge in [0.2, 0.25) is 6.79 Å². The molecule has 0 saturated heterocycles. The van der Waals surface area contributed by atoms with Crippen molar-refractivity contribution in [1.82, 2.24) is 9.88 Å². The number of rotatable bonds is 7. The van der Waals surface area contributed by atoms with Gasteiger partial charge in [0.1, 0.15) is 11.4 Å². The fraction of sp³-hybridized carbons (Fsp3) is 0.238.